The number of hydrogen-bond acceptors (Lipinski definition) is 7. The van der Waals surface area contributed by atoms with E-state index in [9.17, 15) is 4.79 Å². The SMILES string of the molecule is COc1ccc(-c2nc(NC(=O)c3cc(C4CC4)nc4c3c(C)nn4-c3ccccn3)sc2C)cc1. The van der Waals surface area contributed by atoms with Crippen LogP contribution >= 0.6 is 11.3 Å². The molecular weight excluding hydrogens is 472 g/mol. The van der Waals surface area contributed by atoms with E-state index >= 15 is 0 Å². The summed E-state index contributed by atoms with van der Waals surface area (Å²) in [6.07, 6.45) is 3.88. The number of carbonyl (C=O) groups excluding carboxylic acids is 1. The van der Waals surface area contributed by atoms with Crippen LogP contribution in [0.3, 0.4) is 0 Å². The molecular formula is C27H24N6O2S. The van der Waals surface area contributed by atoms with Crippen molar-refractivity contribution in [3.63, 3.8) is 0 Å². The third-order valence-corrected chi connectivity index (χ3v) is 7.21. The fraction of sp³-hybridized carbons (Fsp3) is 0.222. The van der Waals surface area contributed by atoms with Gasteiger partial charge in [-0.1, -0.05) is 6.07 Å². The van der Waals surface area contributed by atoms with Crippen LogP contribution in [0.1, 0.15) is 45.4 Å². The van der Waals surface area contributed by atoms with Crippen LogP contribution in [-0.2, 0) is 0 Å². The second kappa shape index (κ2) is 8.83. The molecule has 1 aromatic carbocycles. The largest absolute Gasteiger partial charge is 0.497 e. The van der Waals surface area contributed by atoms with Gasteiger partial charge < -0.3 is 4.74 Å². The van der Waals surface area contributed by atoms with Gasteiger partial charge >= 0.3 is 0 Å². The van der Waals surface area contributed by atoms with Crippen LogP contribution in [0.5, 0.6) is 5.75 Å². The highest BCUT2D eigenvalue weighted by Gasteiger charge is 2.29. The van der Waals surface area contributed by atoms with E-state index in [0.29, 0.717) is 28.1 Å². The van der Waals surface area contributed by atoms with Gasteiger partial charge in [-0.15, -0.1) is 11.3 Å². The molecule has 5 aromatic rings. The Morgan fingerprint density at radius 2 is 1.92 bits per heavy atom. The molecule has 1 amide bonds. The normalized spacial score (nSPS) is 13.2. The van der Waals surface area contributed by atoms with Gasteiger partial charge in [0.1, 0.15) is 5.75 Å². The summed E-state index contributed by atoms with van der Waals surface area (Å²) in [6.45, 7) is 3.90. The van der Waals surface area contributed by atoms with Crippen molar-refractivity contribution in [2.45, 2.75) is 32.6 Å². The van der Waals surface area contributed by atoms with E-state index in [4.69, 9.17) is 19.8 Å². The summed E-state index contributed by atoms with van der Waals surface area (Å²) in [4.78, 5) is 28.7. The van der Waals surface area contributed by atoms with E-state index in [1.165, 1.54) is 11.3 Å². The first-order chi connectivity index (χ1) is 17.5. The monoisotopic (exact) mass is 496 g/mol. The Bertz CT molecular complexity index is 1590. The Morgan fingerprint density at radius 3 is 2.61 bits per heavy atom. The van der Waals surface area contributed by atoms with Gasteiger partial charge in [0, 0.05) is 28.2 Å². The van der Waals surface area contributed by atoms with Crippen LogP contribution in [0, 0.1) is 13.8 Å². The molecule has 36 heavy (non-hydrogen) atoms. The van der Waals surface area contributed by atoms with Crippen molar-refractivity contribution in [2.75, 3.05) is 12.4 Å². The van der Waals surface area contributed by atoms with Gasteiger partial charge in [-0.05, 0) is 69.2 Å². The zero-order valence-electron chi connectivity index (χ0n) is 20.1. The average Bonchev–Trinajstić information content (AvgIpc) is 3.62. The number of aryl methyl sites for hydroxylation is 2. The number of hydrogen-bond donors (Lipinski definition) is 1. The molecule has 4 aromatic heterocycles. The van der Waals surface area contributed by atoms with Crippen LogP contribution in [0.15, 0.2) is 54.7 Å². The Morgan fingerprint density at radius 1 is 1.11 bits per heavy atom. The van der Waals surface area contributed by atoms with Gasteiger partial charge in [-0.2, -0.15) is 9.78 Å². The molecule has 1 fully saturated rings. The second-order valence-corrected chi connectivity index (χ2v) is 10.1. The Balaban J connectivity index is 1.38. The summed E-state index contributed by atoms with van der Waals surface area (Å²) < 4.78 is 6.98. The Kier molecular flexibility index (Phi) is 5.49. The maximum absolute atomic E-state index is 13.6. The molecule has 0 saturated heterocycles. The maximum Gasteiger partial charge on any atom is 0.258 e. The number of pyridine rings is 2. The molecule has 4 heterocycles. The molecule has 0 bridgehead atoms. The zero-order chi connectivity index (χ0) is 24.8. The summed E-state index contributed by atoms with van der Waals surface area (Å²) in [5.41, 5.74) is 4.66. The highest BCUT2D eigenvalue weighted by molar-refractivity contribution is 7.16. The van der Waals surface area contributed by atoms with Crippen molar-refractivity contribution >= 4 is 33.4 Å². The fourth-order valence-electron chi connectivity index (χ4n) is 4.35. The maximum atomic E-state index is 13.6. The molecule has 0 unspecified atom stereocenters. The topological polar surface area (TPSA) is 94.8 Å². The van der Waals surface area contributed by atoms with E-state index in [1.807, 2.05) is 62.4 Å². The standard InChI is InChI=1S/C27H24N6O2S/c1-15-23-20(14-21(17-7-8-17)29-25(23)33(32-15)22-6-4-5-13-28-22)26(34)31-27-30-24(16(2)36-27)18-9-11-19(35-3)12-10-18/h4-6,9-14,17H,7-8H2,1-3H3,(H,30,31,34). The van der Waals surface area contributed by atoms with Gasteiger partial charge in [0.15, 0.2) is 16.6 Å². The number of nitrogens with one attached hydrogen (secondary N) is 1. The molecule has 6 rings (SSSR count). The Labute approximate surface area is 212 Å². The van der Waals surface area contributed by atoms with Crippen LogP contribution in [0.2, 0.25) is 0 Å². The third kappa shape index (κ3) is 4.01. The predicted molar refractivity (Wildman–Crippen MR) is 140 cm³/mol. The summed E-state index contributed by atoms with van der Waals surface area (Å²) >= 11 is 1.46. The number of benzene rings is 1. The number of methoxy groups -OCH3 is 1. The van der Waals surface area contributed by atoms with Crippen LogP contribution < -0.4 is 10.1 Å². The van der Waals surface area contributed by atoms with Crippen LogP contribution in [0.25, 0.3) is 28.1 Å². The first kappa shape index (κ1) is 22.4. The van der Waals surface area contributed by atoms with Crippen molar-refractivity contribution < 1.29 is 9.53 Å². The second-order valence-electron chi connectivity index (χ2n) is 8.86. The number of fused-ring (bicyclic) bond motifs is 1. The number of carbonyl (C=O) groups is 1. The van der Waals surface area contributed by atoms with E-state index in [2.05, 4.69) is 10.3 Å². The lowest BCUT2D eigenvalue weighted by atomic mass is 10.1. The predicted octanol–water partition coefficient (Wildman–Crippen LogP) is 5.69. The number of rotatable bonds is 6. The molecule has 0 radical (unpaired) electrons. The molecule has 0 spiro atoms. The van der Waals surface area contributed by atoms with E-state index in [0.717, 1.165) is 51.5 Å². The summed E-state index contributed by atoms with van der Waals surface area (Å²) in [5.74, 6) is 1.61. The number of anilines is 1. The molecule has 1 aliphatic carbocycles. The minimum Gasteiger partial charge on any atom is -0.497 e. The van der Waals surface area contributed by atoms with Crippen molar-refractivity contribution in [3.8, 4) is 22.8 Å². The lowest BCUT2D eigenvalue weighted by molar-refractivity contribution is 0.102. The van der Waals surface area contributed by atoms with Gasteiger partial charge in [0.2, 0.25) is 0 Å². The van der Waals surface area contributed by atoms with Gasteiger partial charge in [-0.25, -0.2) is 15.0 Å². The zero-order valence-corrected chi connectivity index (χ0v) is 21.0. The fourth-order valence-corrected chi connectivity index (χ4v) is 5.18. The van der Waals surface area contributed by atoms with E-state index in [-0.39, 0.29) is 5.91 Å². The van der Waals surface area contributed by atoms with Crippen molar-refractivity contribution in [1.82, 2.24) is 24.7 Å². The minimum absolute atomic E-state index is 0.219. The number of aromatic nitrogens is 5. The molecule has 8 nitrogen and oxygen atoms in total. The Hall–Kier alpha value is -4.11. The number of amides is 1. The molecule has 1 aliphatic rings. The van der Waals surface area contributed by atoms with E-state index in [1.54, 1.807) is 18.0 Å². The molecule has 1 saturated carbocycles. The third-order valence-electron chi connectivity index (χ3n) is 6.32. The lowest BCUT2D eigenvalue weighted by Crippen LogP contribution is -2.13. The smallest absolute Gasteiger partial charge is 0.258 e. The van der Waals surface area contributed by atoms with Gasteiger partial charge in [0.25, 0.3) is 5.91 Å². The van der Waals surface area contributed by atoms with Crippen LogP contribution in [-0.4, -0.2) is 37.7 Å². The quantitative estimate of drug-likeness (QED) is 0.324. The number of ether oxygens (including phenoxy) is 1. The first-order valence-electron chi connectivity index (χ1n) is 11.8. The molecule has 0 aliphatic heterocycles. The highest BCUT2D eigenvalue weighted by atomic mass is 32.1. The lowest BCUT2D eigenvalue weighted by Gasteiger charge is -2.08. The first-order valence-corrected chi connectivity index (χ1v) is 12.6. The molecule has 1 N–H and O–H groups in total. The van der Waals surface area contributed by atoms with Gasteiger partial charge in [-0.3, -0.25) is 10.1 Å². The summed E-state index contributed by atoms with van der Waals surface area (Å²) in [7, 11) is 1.64. The van der Waals surface area contributed by atoms with Gasteiger partial charge in [0.05, 0.1) is 29.4 Å². The summed E-state index contributed by atoms with van der Waals surface area (Å²) in [5, 5.41) is 9.00. The summed E-state index contributed by atoms with van der Waals surface area (Å²) in [6, 6.07) is 15.3. The highest BCUT2D eigenvalue weighted by Crippen LogP contribution is 2.41. The average molecular weight is 497 g/mol. The van der Waals surface area contributed by atoms with Crippen molar-refractivity contribution in [3.05, 3.63) is 76.6 Å². The molecule has 9 heteroatoms. The molecule has 180 valence electrons. The minimum atomic E-state index is -0.219. The van der Waals surface area contributed by atoms with Crippen molar-refractivity contribution in [1.29, 1.82) is 0 Å². The number of nitrogens with zero attached hydrogens (tertiary/aromatic N) is 5. The van der Waals surface area contributed by atoms with Crippen molar-refractivity contribution in [2.24, 2.45) is 0 Å². The van der Waals surface area contributed by atoms with Crippen LogP contribution in [0.4, 0.5) is 5.13 Å². The number of thiazole rings is 1. The molecule has 0 atom stereocenters. The van der Waals surface area contributed by atoms with E-state index < -0.39 is 0 Å².